The van der Waals surface area contributed by atoms with Crippen LogP contribution >= 0.6 is 0 Å². The number of nitrogens with zero attached hydrogens (tertiary/aromatic N) is 2. The van der Waals surface area contributed by atoms with Crippen molar-refractivity contribution in [1.82, 2.24) is 15.1 Å². The van der Waals surface area contributed by atoms with E-state index in [0.29, 0.717) is 31.6 Å². The van der Waals surface area contributed by atoms with Crippen LogP contribution in [0.4, 0.5) is 0 Å². The number of methoxy groups -OCH3 is 1. The molecule has 0 aliphatic heterocycles. The van der Waals surface area contributed by atoms with Gasteiger partial charge in [-0.3, -0.25) is 24.6 Å². The van der Waals surface area contributed by atoms with Gasteiger partial charge in [0.15, 0.2) is 0 Å². The van der Waals surface area contributed by atoms with Gasteiger partial charge >= 0.3 is 5.97 Å². The molecule has 2 aliphatic rings. The molecule has 0 bridgehead atoms. The maximum Gasteiger partial charge on any atom is 0.305 e. The Kier molecular flexibility index (Phi) is 15.2. The number of ketones is 1. The van der Waals surface area contributed by atoms with E-state index in [1.165, 1.54) is 4.90 Å². The topological polar surface area (TPSA) is 140 Å². The van der Waals surface area contributed by atoms with E-state index in [1.807, 2.05) is 6.92 Å². The quantitative estimate of drug-likeness (QED) is 0.179. The number of rotatable bonds is 17. The molecule has 0 aromatic rings. The van der Waals surface area contributed by atoms with Crippen LogP contribution in [0.1, 0.15) is 104 Å². The molecule has 0 saturated heterocycles. The molecule has 10 heteroatoms. The van der Waals surface area contributed by atoms with Crippen molar-refractivity contribution in [3.05, 3.63) is 0 Å². The smallest absolute Gasteiger partial charge is 0.305 e. The van der Waals surface area contributed by atoms with Crippen molar-refractivity contribution in [1.29, 1.82) is 5.41 Å². The average molecular weight is 565 g/mol. The van der Waals surface area contributed by atoms with Gasteiger partial charge in [0.25, 0.3) is 0 Å². The minimum absolute atomic E-state index is 0.00488. The highest BCUT2D eigenvalue weighted by Crippen LogP contribution is 2.28. The summed E-state index contributed by atoms with van der Waals surface area (Å²) in [5.41, 5.74) is 0. The first-order chi connectivity index (χ1) is 19.2. The van der Waals surface area contributed by atoms with Crippen molar-refractivity contribution in [2.75, 3.05) is 33.3 Å². The molecule has 4 atom stereocenters. The fraction of sp³-hybridized carbons (Fsp3) is 0.833. The van der Waals surface area contributed by atoms with E-state index < -0.39 is 5.97 Å². The molecule has 4 unspecified atom stereocenters. The first-order valence-electron chi connectivity index (χ1n) is 15.4. The van der Waals surface area contributed by atoms with Crippen LogP contribution in [0.15, 0.2) is 0 Å². The zero-order valence-corrected chi connectivity index (χ0v) is 24.9. The number of carboxylic acids is 1. The molecule has 2 rings (SSSR count). The molecule has 0 radical (unpaired) electrons. The van der Waals surface area contributed by atoms with Crippen LogP contribution in [-0.2, 0) is 23.9 Å². The lowest BCUT2D eigenvalue weighted by molar-refractivity contribution is -0.138. The standard InChI is InChI=1S/C30H52N4O6/c1-4-6-14-26(35)22-10-8-12-24(18-22)32-27(36)20-33(16-7-5-2)28(37)21-34(17-15-29(38)39)30(31)23-11-9-13-25(19-23)40-3/h22-25,31H,4-21H2,1-3H3,(H,32,36)(H,38,39). The van der Waals surface area contributed by atoms with Gasteiger partial charge < -0.3 is 25.0 Å². The van der Waals surface area contributed by atoms with Crippen LogP contribution in [0, 0.1) is 17.2 Å². The van der Waals surface area contributed by atoms with Gasteiger partial charge in [0.1, 0.15) is 5.78 Å². The number of amidine groups is 1. The lowest BCUT2D eigenvalue weighted by atomic mass is 9.82. The van der Waals surface area contributed by atoms with E-state index in [0.717, 1.165) is 64.2 Å². The van der Waals surface area contributed by atoms with Crippen molar-refractivity contribution in [2.45, 2.75) is 116 Å². The lowest BCUT2D eigenvalue weighted by Gasteiger charge is -2.35. The van der Waals surface area contributed by atoms with Gasteiger partial charge in [-0.05, 0) is 51.4 Å². The van der Waals surface area contributed by atoms with Gasteiger partial charge in [-0.2, -0.15) is 0 Å². The van der Waals surface area contributed by atoms with Gasteiger partial charge in [0.2, 0.25) is 11.8 Å². The number of carbonyl (C=O) groups excluding carboxylic acids is 3. The second-order valence-corrected chi connectivity index (χ2v) is 11.5. The number of aliphatic carboxylic acids is 1. The molecule has 10 nitrogen and oxygen atoms in total. The fourth-order valence-electron chi connectivity index (χ4n) is 5.90. The molecule has 0 aromatic heterocycles. The van der Waals surface area contributed by atoms with Gasteiger partial charge in [-0.15, -0.1) is 0 Å². The third kappa shape index (κ3) is 11.6. The summed E-state index contributed by atoms with van der Waals surface area (Å²) in [7, 11) is 1.66. The maximum absolute atomic E-state index is 13.5. The summed E-state index contributed by atoms with van der Waals surface area (Å²) in [5, 5.41) is 21.2. The summed E-state index contributed by atoms with van der Waals surface area (Å²) in [6, 6.07) is -0.0692. The van der Waals surface area contributed by atoms with E-state index in [-0.39, 0.29) is 67.7 Å². The molecule has 2 amide bonds. The molecule has 3 N–H and O–H groups in total. The highest BCUT2D eigenvalue weighted by atomic mass is 16.5. The molecule has 40 heavy (non-hydrogen) atoms. The van der Waals surface area contributed by atoms with E-state index in [1.54, 1.807) is 12.0 Å². The number of unbranched alkanes of at least 4 members (excludes halogenated alkanes) is 2. The van der Waals surface area contributed by atoms with Crippen molar-refractivity contribution >= 4 is 29.4 Å². The number of ether oxygens (including phenoxy) is 1. The molecule has 0 aromatic carbocycles. The highest BCUT2D eigenvalue weighted by molar-refractivity contribution is 5.90. The largest absolute Gasteiger partial charge is 0.481 e. The van der Waals surface area contributed by atoms with Crippen molar-refractivity contribution in [3.8, 4) is 0 Å². The summed E-state index contributed by atoms with van der Waals surface area (Å²) in [6.45, 7) is 4.36. The van der Waals surface area contributed by atoms with E-state index in [4.69, 9.17) is 10.1 Å². The Morgan fingerprint density at radius 1 is 0.875 bits per heavy atom. The van der Waals surface area contributed by atoms with Crippen LogP contribution in [-0.4, -0.2) is 89.7 Å². The number of carboxylic acid groups (broad SMARTS) is 1. The number of nitrogens with one attached hydrogen (secondary N) is 2. The van der Waals surface area contributed by atoms with E-state index in [9.17, 15) is 24.3 Å². The number of hydrogen-bond donors (Lipinski definition) is 3. The minimum atomic E-state index is -0.982. The zero-order chi connectivity index (χ0) is 29.5. The predicted molar refractivity (Wildman–Crippen MR) is 154 cm³/mol. The Morgan fingerprint density at radius 2 is 1.57 bits per heavy atom. The average Bonchev–Trinajstić information content (AvgIpc) is 2.95. The van der Waals surface area contributed by atoms with Gasteiger partial charge in [-0.1, -0.05) is 39.5 Å². The monoisotopic (exact) mass is 564 g/mol. The molecular weight excluding hydrogens is 512 g/mol. The third-order valence-electron chi connectivity index (χ3n) is 8.35. The maximum atomic E-state index is 13.5. The first-order valence-corrected chi connectivity index (χ1v) is 15.4. The van der Waals surface area contributed by atoms with Gasteiger partial charge in [-0.25, -0.2) is 0 Å². The summed E-state index contributed by atoms with van der Waals surface area (Å²) in [6.07, 6.45) is 10.6. The molecule has 0 heterocycles. The summed E-state index contributed by atoms with van der Waals surface area (Å²) < 4.78 is 5.51. The molecular formula is C30H52N4O6. The van der Waals surface area contributed by atoms with E-state index >= 15 is 0 Å². The summed E-state index contributed by atoms with van der Waals surface area (Å²) in [4.78, 5) is 53.5. The Hall–Kier alpha value is -2.49. The Balaban J connectivity index is 2.02. The van der Waals surface area contributed by atoms with E-state index in [2.05, 4.69) is 12.2 Å². The second kappa shape index (κ2) is 18.0. The molecule has 228 valence electrons. The molecule has 2 fully saturated rings. The van der Waals surface area contributed by atoms with Crippen LogP contribution < -0.4 is 5.32 Å². The first kappa shape index (κ1) is 33.7. The Morgan fingerprint density at radius 3 is 2.25 bits per heavy atom. The predicted octanol–water partition coefficient (Wildman–Crippen LogP) is 4.01. The number of Topliss-reactive ketones (excluding diaryl/α,β-unsaturated/α-hetero) is 1. The fourth-order valence-corrected chi connectivity index (χ4v) is 5.90. The normalized spacial score (nSPS) is 22.8. The Bertz CT molecular complexity index is 850. The van der Waals surface area contributed by atoms with Crippen molar-refractivity contribution in [2.24, 2.45) is 11.8 Å². The summed E-state index contributed by atoms with van der Waals surface area (Å²) in [5.74, 6) is -1.03. The minimum Gasteiger partial charge on any atom is -0.481 e. The highest BCUT2D eigenvalue weighted by Gasteiger charge is 2.31. The van der Waals surface area contributed by atoms with Crippen molar-refractivity contribution < 1.29 is 29.0 Å². The molecule has 0 spiro atoms. The van der Waals surface area contributed by atoms with Crippen LogP contribution in [0.25, 0.3) is 0 Å². The second-order valence-electron chi connectivity index (χ2n) is 11.5. The third-order valence-corrected chi connectivity index (χ3v) is 8.35. The van der Waals surface area contributed by atoms with Crippen LogP contribution in [0.2, 0.25) is 0 Å². The number of carbonyl (C=O) groups is 4. The van der Waals surface area contributed by atoms with Gasteiger partial charge in [0, 0.05) is 44.5 Å². The van der Waals surface area contributed by atoms with Crippen LogP contribution in [0.3, 0.4) is 0 Å². The van der Waals surface area contributed by atoms with Gasteiger partial charge in [0.05, 0.1) is 31.4 Å². The Labute approximate surface area is 240 Å². The number of amides is 2. The molecule has 2 saturated carbocycles. The molecule has 2 aliphatic carbocycles. The zero-order valence-electron chi connectivity index (χ0n) is 24.9. The SMILES string of the molecule is CCCCC(=O)C1CCCC(NC(=O)CN(CCCC)C(=O)CN(CCC(=O)O)C(=N)C2CCCC(OC)C2)C1. The van der Waals surface area contributed by atoms with Crippen molar-refractivity contribution in [3.63, 3.8) is 0 Å². The number of hydrogen-bond acceptors (Lipinski definition) is 6. The van der Waals surface area contributed by atoms with Crippen LogP contribution in [0.5, 0.6) is 0 Å². The lowest BCUT2D eigenvalue weighted by Crippen LogP contribution is -2.50. The summed E-state index contributed by atoms with van der Waals surface area (Å²) >= 11 is 0.